The third-order valence-corrected chi connectivity index (χ3v) is 6.26. The van der Waals surface area contributed by atoms with Crippen LogP contribution in [0.2, 0.25) is 0 Å². The number of nitrogens with zero attached hydrogens (tertiary/aromatic N) is 1. The van der Waals surface area contributed by atoms with E-state index in [0.29, 0.717) is 47.6 Å². The molecule has 5 nitrogen and oxygen atoms in total. The number of alkyl halides is 3. The average molecular weight is 480 g/mol. The van der Waals surface area contributed by atoms with Crippen molar-refractivity contribution in [3.05, 3.63) is 53.1 Å². The fraction of sp³-hybridized carbons (Fsp3) is 0.500. The van der Waals surface area contributed by atoms with Crippen molar-refractivity contribution < 1.29 is 32.5 Å². The Bertz CT molecular complexity index is 998. The van der Waals surface area contributed by atoms with Gasteiger partial charge in [0, 0.05) is 43.1 Å². The summed E-state index contributed by atoms with van der Waals surface area (Å²) in [5.41, 5.74) is 0.945. The zero-order valence-corrected chi connectivity index (χ0v) is 20.0. The molecule has 3 rings (SSSR count). The average Bonchev–Trinajstić information content (AvgIpc) is 2.75. The summed E-state index contributed by atoms with van der Waals surface area (Å²) < 4.78 is 49.9. The molecule has 3 unspecified atom stereocenters. The zero-order valence-electron chi connectivity index (χ0n) is 20.0. The van der Waals surface area contributed by atoms with Crippen molar-refractivity contribution in [3.8, 4) is 17.2 Å². The fourth-order valence-corrected chi connectivity index (χ4v) is 4.93. The number of halogens is 3. The Morgan fingerprint density at radius 2 is 1.79 bits per heavy atom. The van der Waals surface area contributed by atoms with Crippen LogP contribution >= 0.6 is 0 Å². The van der Waals surface area contributed by atoms with Gasteiger partial charge in [-0.1, -0.05) is 38.1 Å². The van der Waals surface area contributed by atoms with E-state index in [-0.39, 0.29) is 23.6 Å². The molecule has 0 radical (unpaired) electrons. The van der Waals surface area contributed by atoms with Crippen LogP contribution in [0.1, 0.15) is 49.3 Å². The van der Waals surface area contributed by atoms with Gasteiger partial charge < -0.3 is 19.5 Å². The lowest BCUT2D eigenvalue weighted by Crippen LogP contribution is -2.43. The molecule has 1 aliphatic rings. The van der Waals surface area contributed by atoms with E-state index in [1.807, 2.05) is 4.90 Å². The van der Waals surface area contributed by atoms with Gasteiger partial charge in [0.15, 0.2) is 0 Å². The number of phenolic OH excluding ortho intramolecular Hbond substituents is 1. The summed E-state index contributed by atoms with van der Waals surface area (Å²) in [5.74, 6) is 0.450. The van der Waals surface area contributed by atoms with Crippen molar-refractivity contribution in [1.82, 2.24) is 4.90 Å². The zero-order chi connectivity index (χ0) is 25.0. The first-order valence-electron chi connectivity index (χ1n) is 11.4. The Balaban J connectivity index is 2.05. The van der Waals surface area contributed by atoms with Gasteiger partial charge in [0.2, 0.25) is 5.91 Å². The summed E-state index contributed by atoms with van der Waals surface area (Å²) in [6, 6.07) is 9.11. The number of hydrogen-bond donors (Lipinski definition) is 1. The molecule has 0 saturated carbocycles. The number of likely N-dealkylation sites (tertiary alicyclic amines) is 1. The molecule has 1 fully saturated rings. The summed E-state index contributed by atoms with van der Waals surface area (Å²) in [4.78, 5) is 15.2. The van der Waals surface area contributed by atoms with E-state index in [9.17, 15) is 23.1 Å². The van der Waals surface area contributed by atoms with Gasteiger partial charge in [-0.3, -0.25) is 4.79 Å². The number of ether oxygens (including phenoxy) is 2. The number of carbonyl (C=O) groups excluding carboxylic acids is 1. The highest BCUT2D eigenvalue weighted by Crippen LogP contribution is 2.43. The minimum Gasteiger partial charge on any atom is -0.507 e. The van der Waals surface area contributed by atoms with Crippen molar-refractivity contribution >= 4 is 5.91 Å². The Morgan fingerprint density at radius 3 is 2.38 bits per heavy atom. The summed E-state index contributed by atoms with van der Waals surface area (Å²) in [7, 11) is 2.89. The van der Waals surface area contributed by atoms with Crippen molar-refractivity contribution in [1.29, 1.82) is 0 Å². The third kappa shape index (κ3) is 6.36. The van der Waals surface area contributed by atoms with Crippen molar-refractivity contribution in [2.24, 2.45) is 11.8 Å². The summed E-state index contributed by atoms with van der Waals surface area (Å²) >= 11 is 0. The molecule has 8 heteroatoms. The molecule has 34 heavy (non-hydrogen) atoms. The van der Waals surface area contributed by atoms with Crippen LogP contribution in [-0.2, 0) is 11.2 Å². The van der Waals surface area contributed by atoms with Crippen LogP contribution in [0.4, 0.5) is 13.2 Å². The number of benzene rings is 2. The Kier molecular flexibility index (Phi) is 8.00. The lowest BCUT2D eigenvalue weighted by Gasteiger charge is -2.36. The lowest BCUT2D eigenvalue weighted by molar-refractivity contribution is -0.134. The molecule has 1 heterocycles. The Hall–Kier alpha value is -2.90. The first-order valence-corrected chi connectivity index (χ1v) is 11.4. The van der Waals surface area contributed by atoms with Gasteiger partial charge in [-0.15, -0.1) is 0 Å². The van der Waals surface area contributed by atoms with Crippen LogP contribution in [0.5, 0.6) is 17.2 Å². The van der Waals surface area contributed by atoms with Gasteiger partial charge in [0.1, 0.15) is 17.2 Å². The molecule has 3 atom stereocenters. The van der Waals surface area contributed by atoms with Gasteiger partial charge in [-0.25, -0.2) is 0 Å². The fourth-order valence-electron chi connectivity index (χ4n) is 4.93. The molecule has 0 aromatic heterocycles. The monoisotopic (exact) mass is 479 g/mol. The second-order valence-electron chi connectivity index (χ2n) is 9.30. The molecule has 1 amide bonds. The van der Waals surface area contributed by atoms with Crippen molar-refractivity contribution in [2.45, 2.75) is 45.2 Å². The number of carbonyl (C=O) groups is 1. The largest absolute Gasteiger partial charge is 0.507 e. The summed E-state index contributed by atoms with van der Waals surface area (Å²) in [6.07, 6.45) is -4.40. The maximum atomic E-state index is 13.4. The van der Waals surface area contributed by atoms with Crippen LogP contribution in [0.15, 0.2) is 36.4 Å². The van der Waals surface area contributed by atoms with E-state index >= 15 is 0 Å². The number of phenols is 1. The van der Waals surface area contributed by atoms with E-state index in [4.69, 9.17) is 9.47 Å². The minimum atomic E-state index is -4.36. The number of hydrogen-bond acceptors (Lipinski definition) is 4. The highest BCUT2D eigenvalue weighted by atomic mass is 19.4. The topological polar surface area (TPSA) is 59.0 Å². The number of rotatable bonds is 7. The molecule has 1 N–H and O–H groups in total. The van der Waals surface area contributed by atoms with Crippen molar-refractivity contribution in [2.75, 3.05) is 27.3 Å². The molecule has 186 valence electrons. The smallest absolute Gasteiger partial charge is 0.393 e. The SMILES string of the molecule is COc1cc(O)c(C(CC(=O)N2CC(C)CC(C)C2)c2cccc(CC(F)(F)F)c2)c(OC)c1. The number of amides is 1. The minimum absolute atomic E-state index is 0.00877. The van der Waals surface area contributed by atoms with Crippen LogP contribution in [0, 0.1) is 11.8 Å². The normalized spacial score (nSPS) is 19.6. The Labute approximate surface area is 198 Å². The van der Waals surface area contributed by atoms with E-state index in [2.05, 4.69) is 13.8 Å². The van der Waals surface area contributed by atoms with Gasteiger partial charge >= 0.3 is 6.18 Å². The van der Waals surface area contributed by atoms with Crippen molar-refractivity contribution in [3.63, 3.8) is 0 Å². The first-order chi connectivity index (χ1) is 16.0. The van der Waals surface area contributed by atoms with Gasteiger partial charge in [0.25, 0.3) is 0 Å². The Morgan fingerprint density at radius 1 is 1.12 bits per heavy atom. The number of piperidine rings is 1. The molecule has 2 aromatic carbocycles. The van der Waals surface area contributed by atoms with E-state index in [1.54, 1.807) is 18.2 Å². The predicted octanol–water partition coefficient (Wildman–Crippen LogP) is 5.54. The van der Waals surface area contributed by atoms with Gasteiger partial charge in [0.05, 0.1) is 20.6 Å². The summed E-state index contributed by atoms with van der Waals surface area (Å²) in [5, 5.41) is 10.9. The standard InChI is InChI=1S/C26H32F3NO4/c1-16-8-17(2)15-30(14-16)24(32)12-21(19-7-5-6-18(9-19)13-26(27,28)29)25-22(31)10-20(33-3)11-23(25)34-4/h5-7,9-11,16-17,21,31H,8,12-15H2,1-4H3. The maximum Gasteiger partial charge on any atom is 0.393 e. The highest BCUT2D eigenvalue weighted by molar-refractivity contribution is 5.78. The van der Waals surface area contributed by atoms with Crippen LogP contribution < -0.4 is 9.47 Å². The molecule has 2 aromatic rings. The van der Waals surface area contributed by atoms with E-state index in [0.717, 1.165) is 6.42 Å². The number of methoxy groups -OCH3 is 2. The predicted molar refractivity (Wildman–Crippen MR) is 123 cm³/mol. The second-order valence-corrected chi connectivity index (χ2v) is 9.30. The molecular weight excluding hydrogens is 447 g/mol. The molecule has 0 spiro atoms. The highest BCUT2D eigenvalue weighted by Gasteiger charge is 2.32. The lowest BCUT2D eigenvalue weighted by atomic mass is 9.85. The van der Waals surface area contributed by atoms with Crippen LogP contribution in [0.25, 0.3) is 0 Å². The quantitative estimate of drug-likeness (QED) is 0.567. The molecule has 1 saturated heterocycles. The van der Waals surface area contributed by atoms with E-state index in [1.165, 1.54) is 32.4 Å². The van der Waals surface area contributed by atoms with Gasteiger partial charge in [-0.2, -0.15) is 13.2 Å². The second kappa shape index (κ2) is 10.6. The molecule has 0 bridgehead atoms. The molecule has 1 aliphatic heterocycles. The van der Waals surface area contributed by atoms with E-state index < -0.39 is 18.5 Å². The van der Waals surface area contributed by atoms with Crippen LogP contribution in [0.3, 0.4) is 0 Å². The first kappa shape index (κ1) is 25.7. The summed E-state index contributed by atoms with van der Waals surface area (Å²) in [6.45, 7) is 5.48. The number of aromatic hydroxyl groups is 1. The maximum absolute atomic E-state index is 13.4. The van der Waals surface area contributed by atoms with Crippen LogP contribution in [-0.4, -0.2) is 49.4 Å². The molecule has 0 aliphatic carbocycles. The third-order valence-electron chi connectivity index (χ3n) is 6.26. The molecular formula is C26H32F3NO4. The van der Waals surface area contributed by atoms with Gasteiger partial charge in [-0.05, 0) is 29.4 Å².